The summed E-state index contributed by atoms with van der Waals surface area (Å²) in [4.78, 5) is 33.4. The normalized spacial score (nSPS) is 10.8. The van der Waals surface area contributed by atoms with Crippen molar-refractivity contribution in [2.75, 3.05) is 5.32 Å². The number of pyridine rings is 2. The van der Waals surface area contributed by atoms with E-state index in [1.807, 2.05) is 38.1 Å². The summed E-state index contributed by atoms with van der Waals surface area (Å²) in [5.41, 5.74) is 2.63. The lowest BCUT2D eigenvalue weighted by atomic mass is 10.1. The van der Waals surface area contributed by atoms with Crippen molar-refractivity contribution in [2.24, 2.45) is 0 Å². The van der Waals surface area contributed by atoms with Gasteiger partial charge in [0, 0.05) is 17.4 Å². The molecule has 1 aromatic carbocycles. The van der Waals surface area contributed by atoms with Crippen LogP contribution in [0.1, 0.15) is 45.4 Å². The van der Waals surface area contributed by atoms with Gasteiger partial charge in [-0.05, 0) is 55.3 Å². The molecule has 3 aromatic rings. The molecule has 2 amide bonds. The lowest BCUT2D eigenvalue weighted by Gasteiger charge is -2.12. The van der Waals surface area contributed by atoms with Gasteiger partial charge in [0.1, 0.15) is 24.1 Å². The van der Waals surface area contributed by atoms with E-state index in [-0.39, 0.29) is 28.6 Å². The zero-order chi connectivity index (χ0) is 22.9. The molecule has 170 valence electrons. The molecule has 2 heterocycles. The van der Waals surface area contributed by atoms with Gasteiger partial charge >= 0.3 is 0 Å². The van der Waals surface area contributed by atoms with Crippen LogP contribution in [0.2, 0.25) is 0 Å². The number of aryl methyl sites for hydroxylation is 1. The van der Waals surface area contributed by atoms with E-state index >= 15 is 0 Å². The van der Waals surface area contributed by atoms with E-state index in [1.54, 1.807) is 36.5 Å². The number of halogens is 1. The molecule has 0 spiro atoms. The van der Waals surface area contributed by atoms with Gasteiger partial charge in [0.2, 0.25) is 0 Å². The van der Waals surface area contributed by atoms with E-state index in [0.29, 0.717) is 30.0 Å². The van der Waals surface area contributed by atoms with Gasteiger partial charge in [-0.15, -0.1) is 17.0 Å². The number of aromatic nitrogens is 2. The first-order valence-electron chi connectivity index (χ1n) is 10.1. The topological polar surface area (TPSA) is 117 Å². The summed E-state index contributed by atoms with van der Waals surface area (Å²) >= 11 is 0. The highest BCUT2D eigenvalue weighted by molar-refractivity contribution is 8.93. The number of amides is 2. The van der Waals surface area contributed by atoms with Crippen molar-refractivity contribution in [2.45, 2.75) is 32.9 Å². The zero-order valence-electron chi connectivity index (χ0n) is 18.2. The van der Waals surface area contributed by atoms with Gasteiger partial charge < -0.3 is 15.4 Å². The zero-order valence-corrected chi connectivity index (χ0v) is 20.0. The van der Waals surface area contributed by atoms with Gasteiger partial charge in [0.25, 0.3) is 11.8 Å². The minimum atomic E-state index is -0.565. The average Bonchev–Trinajstić information content (AvgIpc) is 2.83. The summed E-state index contributed by atoms with van der Waals surface area (Å²) in [5, 5.41) is 14.5. The fourth-order valence-corrected chi connectivity index (χ4v) is 2.79. The Kier molecular flexibility index (Phi) is 9.51. The molecule has 0 aliphatic rings. The maximum Gasteiger partial charge on any atom is 0.274 e. The second-order valence-electron chi connectivity index (χ2n) is 7.04. The minimum Gasteiger partial charge on any atom is -0.486 e. The Hall–Kier alpha value is -3.77. The SMILES string of the molecule is Br.CCC(C#N)NC(=O)c1ccc(C)c(NC(=O)c2ccc(OCc3ccccn3)cn2)c1. The van der Waals surface area contributed by atoms with Crippen LogP contribution in [0.5, 0.6) is 5.75 Å². The Bertz CT molecular complexity index is 1130. The number of hydrogen-bond donors (Lipinski definition) is 2. The lowest BCUT2D eigenvalue weighted by Crippen LogP contribution is -2.33. The van der Waals surface area contributed by atoms with E-state index in [0.717, 1.165) is 11.3 Å². The number of hydrogen-bond acceptors (Lipinski definition) is 6. The molecule has 0 aliphatic carbocycles. The number of rotatable bonds is 8. The van der Waals surface area contributed by atoms with Crippen LogP contribution in [-0.2, 0) is 6.61 Å². The third-order valence-electron chi connectivity index (χ3n) is 4.70. The molecular weight excluding hydrogens is 486 g/mol. The number of carbonyl (C=O) groups excluding carboxylic acids is 2. The predicted molar refractivity (Wildman–Crippen MR) is 129 cm³/mol. The van der Waals surface area contributed by atoms with Crippen molar-refractivity contribution in [1.82, 2.24) is 15.3 Å². The summed E-state index contributed by atoms with van der Waals surface area (Å²) in [6.45, 7) is 3.94. The predicted octanol–water partition coefficient (Wildman–Crippen LogP) is 4.23. The molecule has 1 unspecified atom stereocenters. The molecule has 0 radical (unpaired) electrons. The highest BCUT2D eigenvalue weighted by Gasteiger charge is 2.15. The summed E-state index contributed by atoms with van der Waals surface area (Å²) in [7, 11) is 0. The van der Waals surface area contributed by atoms with Crippen LogP contribution in [0.3, 0.4) is 0 Å². The Morgan fingerprint density at radius 3 is 2.58 bits per heavy atom. The van der Waals surface area contributed by atoms with Gasteiger partial charge in [-0.3, -0.25) is 14.6 Å². The molecule has 0 saturated heterocycles. The molecular formula is C24H24BrN5O3. The first-order valence-corrected chi connectivity index (χ1v) is 10.1. The van der Waals surface area contributed by atoms with Crippen LogP contribution in [0.15, 0.2) is 60.9 Å². The van der Waals surface area contributed by atoms with Crippen LogP contribution in [0.25, 0.3) is 0 Å². The standard InChI is InChI=1S/C24H23N5O3.BrH/c1-3-18(13-25)28-23(30)17-8-7-16(2)22(12-17)29-24(31)21-10-9-20(14-27-21)32-15-19-6-4-5-11-26-19;/h4-12,14,18H,3,15H2,1-2H3,(H,28,30)(H,29,31);1H. The molecule has 0 saturated carbocycles. The molecule has 8 nitrogen and oxygen atoms in total. The number of nitriles is 1. The smallest absolute Gasteiger partial charge is 0.274 e. The summed E-state index contributed by atoms with van der Waals surface area (Å²) in [6.07, 6.45) is 3.67. The van der Waals surface area contributed by atoms with Gasteiger partial charge in [-0.1, -0.05) is 19.1 Å². The maximum atomic E-state index is 12.6. The molecule has 3 rings (SSSR count). The Labute approximate surface area is 202 Å². The number of benzene rings is 1. The summed E-state index contributed by atoms with van der Waals surface area (Å²) < 4.78 is 5.63. The van der Waals surface area contributed by atoms with Crippen molar-refractivity contribution < 1.29 is 14.3 Å². The second kappa shape index (κ2) is 12.3. The Morgan fingerprint density at radius 1 is 1.12 bits per heavy atom. The second-order valence-corrected chi connectivity index (χ2v) is 7.04. The number of nitrogens with zero attached hydrogens (tertiary/aromatic N) is 3. The maximum absolute atomic E-state index is 12.6. The number of carbonyl (C=O) groups is 2. The van der Waals surface area contributed by atoms with Crippen LogP contribution in [0, 0.1) is 18.3 Å². The number of ether oxygens (including phenoxy) is 1. The molecule has 0 aliphatic heterocycles. The van der Waals surface area contributed by atoms with Gasteiger partial charge in [-0.2, -0.15) is 5.26 Å². The van der Waals surface area contributed by atoms with E-state index in [2.05, 4.69) is 20.6 Å². The Balaban J connectivity index is 0.00000385. The average molecular weight is 510 g/mol. The van der Waals surface area contributed by atoms with Crippen LogP contribution >= 0.6 is 17.0 Å². The number of anilines is 1. The van der Waals surface area contributed by atoms with Crippen molar-refractivity contribution in [3.05, 3.63) is 83.4 Å². The monoisotopic (exact) mass is 509 g/mol. The minimum absolute atomic E-state index is 0. The van der Waals surface area contributed by atoms with Crippen LogP contribution < -0.4 is 15.4 Å². The van der Waals surface area contributed by atoms with Gasteiger partial charge in [-0.25, -0.2) is 4.98 Å². The first kappa shape index (κ1) is 25.5. The molecule has 9 heteroatoms. The third kappa shape index (κ3) is 7.12. The van der Waals surface area contributed by atoms with E-state index in [1.165, 1.54) is 6.20 Å². The molecule has 33 heavy (non-hydrogen) atoms. The fourth-order valence-electron chi connectivity index (χ4n) is 2.79. The molecule has 0 bridgehead atoms. The van der Waals surface area contributed by atoms with E-state index in [9.17, 15) is 9.59 Å². The molecule has 2 aromatic heterocycles. The fraction of sp³-hybridized carbons (Fsp3) is 0.208. The third-order valence-corrected chi connectivity index (χ3v) is 4.70. The van der Waals surface area contributed by atoms with Gasteiger partial charge in [0.15, 0.2) is 0 Å². The Morgan fingerprint density at radius 2 is 1.94 bits per heavy atom. The van der Waals surface area contributed by atoms with Crippen molar-refractivity contribution in [3.63, 3.8) is 0 Å². The first-order chi connectivity index (χ1) is 15.5. The van der Waals surface area contributed by atoms with Gasteiger partial charge in [0.05, 0.1) is 18.0 Å². The van der Waals surface area contributed by atoms with E-state index < -0.39 is 11.9 Å². The highest BCUT2D eigenvalue weighted by atomic mass is 79.9. The van der Waals surface area contributed by atoms with Crippen molar-refractivity contribution in [1.29, 1.82) is 5.26 Å². The quantitative estimate of drug-likeness (QED) is 0.469. The van der Waals surface area contributed by atoms with Crippen molar-refractivity contribution in [3.8, 4) is 11.8 Å². The molecule has 1 atom stereocenters. The highest BCUT2D eigenvalue weighted by Crippen LogP contribution is 2.19. The summed E-state index contributed by atoms with van der Waals surface area (Å²) in [5.74, 6) is -0.267. The largest absolute Gasteiger partial charge is 0.486 e. The molecule has 2 N–H and O–H groups in total. The van der Waals surface area contributed by atoms with Crippen LogP contribution in [0.4, 0.5) is 5.69 Å². The lowest BCUT2D eigenvalue weighted by molar-refractivity contribution is 0.0943. The molecule has 0 fully saturated rings. The van der Waals surface area contributed by atoms with Crippen molar-refractivity contribution >= 4 is 34.5 Å². The summed E-state index contributed by atoms with van der Waals surface area (Å²) in [6, 6.07) is 15.2. The van der Waals surface area contributed by atoms with Crippen LogP contribution in [-0.4, -0.2) is 27.8 Å². The van der Waals surface area contributed by atoms with E-state index in [4.69, 9.17) is 10.00 Å². The number of nitrogens with one attached hydrogen (secondary N) is 2.